The summed E-state index contributed by atoms with van der Waals surface area (Å²) in [5, 5.41) is 3.17. The fraction of sp³-hybridized carbons (Fsp3) is 0.429. The topological polar surface area (TPSA) is 66.5 Å². The second-order valence-corrected chi connectivity index (χ2v) is 6.79. The van der Waals surface area contributed by atoms with Gasteiger partial charge in [0.2, 0.25) is 0 Å². The van der Waals surface area contributed by atoms with Gasteiger partial charge in [-0.1, -0.05) is 49.2 Å². The fourth-order valence-electron chi connectivity index (χ4n) is 3.21. The van der Waals surface area contributed by atoms with E-state index in [0.29, 0.717) is 12.5 Å². The lowest BCUT2D eigenvalue weighted by Gasteiger charge is -2.21. The van der Waals surface area contributed by atoms with Crippen LogP contribution in [0.5, 0.6) is 0 Å². The van der Waals surface area contributed by atoms with Gasteiger partial charge >= 0.3 is 0 Å². The molecule has 1 aliphatic heterocycles. The van der Waals surface area contributed by atoms with E-state index in [-0.39, 0.29) is 24.0 Å². The van der Waals surface area contributed by atoms with Crippen molar-refractivity contribution in [1.82, 2.24) is 10.3 Å². The SMILES string of the molecule is I.NC(=NCc1ccc(N2CCCCCC2)nc1)NCCc1ccccc1. The maximum absolute atomic E-state index is 5.96. The quantitative estimate of drug-likeness (QED) is 0.377. The standard InChI is InChI=1S/C21H29N5.HI/c22-21(23-13-12-18-8-4-3-5-9-18)25-17-19-10-11-20(24-16-19)26-14-6-1-2-7-15-26;/h3-5,8-11,16H,1-2,6-7,12-15,17H2,(H3,22,23,25);1H. The average Bonchev–Trinajstić information content (AvgIpc) is 2.97. The van der Waals surface area contributed by atoms with E-state index in [9.17, 15) is 0 Å². The van der Waals surface area contributed by atoms with Gasteiger partial charge in [-0.3, -0.25) is 0 Å². The molecule has 1 aromatic carbocycles. The molecular weight excluding hydrogens is 449 g/mol. The lowest BCUT2D eigenvalue weighted by atomic mass is 10.1. The number of nitrogens with one attached hydrogen (secondary N) is 1. The van der Waals surface area contributed by atoms with Gasteiger partial charge in [0, 0.05) is 25.8 Å². The third kappa shape index (κ3) is 7.36. The highest BCUT2D eigenvalue weighted by Gasteiger charge is 2.10. The minimum absolute atomic E-state index is 0. The van der Waals surface area contributed by atoms with Gasteiger partial charge in [-0.2, -0.15) is 0 Å². The van der Waals surface area contributed by atoms with E-state index in [0.717, 1.165) is 37.4 Å². The van der Waals surface area contributed by atoms with Crippen molar-refractivity contribution < 1.29 is 0 Å². The van der Waals surface area contributed by atoms with Crippen LogP contribution in [-0.4, -0.2) is 30.6 Å². The summed E-state index contributed by atoms with van der Waals surface area (Å²) >= 11 is 0. The molecule has 27 heavy (non-hydrogen) atoms. The van der Waals surface area contributed by atoms with E-state index in [1.807, 2.05) is 12.3 Å². The molecule has 1 aromatic heterocycles. The molecule has 2 aromatic rings. The largest absolute Gasteiger partial charge is 0.370 e. The second kappa shape index (κ2) is 11.8. The molecule has 0 radical (unpaired) electrons. The Bertz CT molecular complexity index is 679. The average molecular weight is 479 g/mol. The number of hydrogen-bond acceptors (Lipinski definition) is 3. The molecule has 1 fully saturated rings. The number of guanidine groups is 1. The van der Waals surface area contributed by atoms with Crippen LogP contribution in [-0.2, 0) is 13.0 Å². The van der Waals surface area contributed by atoms with Crippen molar-refractivity contribution in [3.05, 3.63) is 59.8 Å². The first kappa shape index (κ1) is 21.5. The van der Waals surface area contributed by atoms with Crippen LogP contribution in [0.3, 0.4) is 0 Å². The predicted molar refractivity (Wildman–Crippen MR) is 124 cm³/mol. The normalized spacial score (nSPS) is 15.0. The Hall–Kier alpha value is -1.83. The van der Waals surface area contributed by atoms with Crippen molar-refractivity contribution in [1.29, 1.82) is 0 Å². The zero-order chi connectivity index (χ0) is 18.0. The first-order valence-corrected chi connectivity index (χ1v) is 9.59. The monoisotopic (exact) mass is 479 g/mol. The van der Waals surface area contributed by atoms with Crippen LogP contribution in [0, 0.1) is 0 Å². The van der Waals surface area contributed by atoms with Crippen molar-refractivity contribution in [3.8, 4) is 0 Å². The summed E-state index contributed by atoms with van der Waals surface area (Å²) < 4.78 is 0. The summed E-state index contributed by atoms with van der Waals surface area (Å²) in [6.07, 6.45) is 8.04. The number of aliphatic imine (C=N–C) groups is 1. The van der Waals surface area contributed by atoms with Crippen LogP contribution < -0.4 is 16.0 Å². The van der Waals surface area contributed by atoms with Crippen molar-refractivity contribution >= 4 is 35.8 Å². The molecular formula is C21H30IN5. The Morgan fingerprint density at radius 3 is 2.41 bits per heavy atom. The lowest BCUT2D eigenvalue weighted by Crippen LogP contribution is -2.33. The van der Waals surface area contributed by atoms with Crippen LogP contribution in [0.2, 0.25) is 0 Å². The smallest absolute Gasteiger partial charge is 0.188 e. The fourth-order valence-corrected chi connectivity index (χ4v) is 3.21. The van der Waals surface area contributed by atoms with Crippen molar-refractivity contribution in [2.45, 2.75) is 38.6 Å². The molecule has 6 heteroatoms. The number of hydrogen-bond donors (Lipinski definition) is 2. The summed E-state index contributed by atoms with van der Waals surface area (Å²) in [6, 6.07) is 14.6. The number of rotatable bonds is 6. The number of benzene rings is 1. The molecule has 0 atom stereocenters. The summed E-state index contributed by atoms with van der Waals surface area (Å²) in [7, 11) is 0. The minimum atomic E-state index is 0. The third-order valence-corrected chi connectivity index (χ3v) is 4.73. The highest BCUT2D eigenvalue weighted by Crippen LogP contribution is 2.17. The molecule has 5 nitrogen and oxygen atoms in total. The Morgan fingerprint density at radius 1 is 1.00 bits per heavy atom. The van der Waals surface area contributed by atoms with Gasteiger partial charge in [0.25, 0.3) is 0 Å². The molecule has 0 saturated carbocycles. The van der Waals surface area contributed by atoms with E-state index in [1.54, 1.807) is 0 Å². The number of nitrogens with two attached hydrogens (primary N) is 1. The van der Waals surface area contributed by atoms with Crippen LogP contribution in [0.15, 0.2) is 53.7 Å². The number of halogens is 1. The summed E-state index contributed by atoms with van der Waals surface area (Å²) in [5.41, 5.74) is 8.33. The minimum Gasteiger partial charge on any atom is -0.370 e. The number of pyridine rings is 1. The molecule has 1 aliphatic rings. The maximum Gasteiger partial charge on any atom is 0.188 e. The molecule has 3 N–H and O–H groups in total. The van der Waals surface area contributed by atoms with Gasteiger partial charge in [0.05, 0.1) is 6.54 Å². The van der Waals surface area contributed by atoms with Crippen molar-refractivity contribution in [2.24, 2.45) is 10.7 Å². The maximum atomic E-state index is 5.96. The zero-order valence-electron chi connectivity index (χ0n) is 15.8. The van der Waals surface area contributed by atoms with Crippen LogP contribution in [0.25, 0.3) is 0 Å². The van der Waals surface area contributed by atoms with E-state index in [2.05, 4.69) is 56.6 Å². The van der Waals surface area contributed by atoms with Gasteiger partial charge in [-0.15, -0.1) is 24.0 Å². The predicted octanol–water partition coefficient (Wildman–Crippen LogP) is 3.73. The van der Waals surface area contributed by atoms with E-state index >= 15 is 0 Å². The number of aromatic nitrogens is 1. The Morgan fingerprint density at radius 2 is 1.74 bits per heavy atom. The summed E-state index contributed by atoms with van der Waals surface area (Å²) in [4.78, 5) is 11.4. The number of anilines is 1. The molecule has 3 rings (SSSR count). The van der Waals surface area contributed by atoms with Crippen LogP contribution in [0.1, 0.15) is 36.8 Å². The first-order valence-electron chi connectivity index (χ1n) is 9.59. The van der Waals surface area contributed by atoms with Gasteiger partial charge in [0.1, 0.15) is 5.82 Å². The van der Waals surface area contributed by atoms with Crippen molar-refractivity contribution in [3.63, 3.8) is 0 Å². The number of nitrogens with zero attached hydrogens (tertiary/aromatic N) is 3. The first-order chi connectivity index (χ1) is 12.8. The van der Waals surface area contributed by atoms with Gasteiger partial charge in [-0.05, 0) is 36.5 Å². The van der Waals surface area contributed by atoms with Gasteiger partial charge < -0.3 is 16.0 Å². The van der Waals surface area contributed by atoms with Gasteiger partial charge in [0.15, 0.2) is 5.96 Å². The van der Waals surface area contributed by atoms with E-state index < -0.39 is 0 Å². The van der Waals surface area contributed by atoms with Crippen molar-refractivity contribution in [2.75, 3.05) is 24.5 Å². The molecule has 1 saturated heterocycles. The molecule has 0 spiro atoms. The molecule has 0 aliphatic carbocycles. The Kier molecular flexibility index (Phi) is 9.38. The van der Waals surface area contributed by atoms with Gasteiger partial charge in [-0.25, -0.2) is 9.98 Å². The van der Waals surface area contributed by atoms with E-state index in [4.69, 9.17) is 5.73 Å². The molecule has 0 unspecified atom stereocenters. The van der Waals surface area contributed by atoms with Crippen LogP contribution in [0.4, 0.5) is 5.82 Å². The molecule has 0 bridgehead atoms. The third-order valence-electron chi connectivity index (χ3n) is 4.73. The highest BCUT2D eigenvalue weighted by atomic mass is 127. The van der Waals surface area contributed by atoms with Crippen LogP contribution >= 0.6 is 24.0 Å². The Labute approximate surface area is 179 Å². The molecule has 2 heterocycles. The molecule has 0 amide bonds. The highest BCUT2D eigenvalue weighted by molar-refractivity contribution is 14.0. The summed E-state index contributed by atoms with van der Waals surface area (Å²) in [6.45, 7) is 3.56. The second-order valence-electron chi connectivity index (χ2n) is 6.79. The summed E-state index contributed by atoms with van der Waals surface area (Å²) in [5.74, 6) is 1.56. The molecule has 146 valence electrons. The zero-order valence-corrected chi connectivity index (χ0v) is 18.1. The van der Waals surface area contributed by atoms with E-state index in [1.165, 1.54) is 31.2 Å². The lowest BCUT2D eigenvalue weighted by molar-refractivity contribution is 0.726. The Balaban J connectivity index is 0.00000261.